The van der Waals surface area contributed by atoms with Crippen LogP contribution >= 0.6 is 11.6 Å². The highest BCUT2D eigenvalue weighted by Gasteiger charge is 2.09. The lowest BCUT2D eigenvalue weighted by Crippen LogP contribution is -2.16. The number of anilines is 1. The van der Waals surface area contributed by atoms with E-state index in [0.717, 1.165) is 12.2 Å². The van der Waals surface area contributed by atoms with Gasteiger partial charge in [0.15, 0.2) is 0 Å². The maximum absolute atomic E-state index is 11.4. The summed E-state index contributed by atoms with van der Waals surface area (Å²) in [5.41, 5.74) is 1.20. The van der Waals surface area contributed by atoms with Crippen LogP contribution in [0, 0.1) is 5.92 Å². The van der Waals surface area contributed by atoms with Crippen LogP contribution in [0.2, 0.25) is 5.02 Å². The molecular weight excluding hydrogens is 254 g/mol. The van der Waals surface area contributed by atoms with Crippen molar-refractivity contribution >= 4 is 23.3 Å². The van der Waals surface area contributed by atoms with Crippen molar-refractivity contribution in [2.24, 2.45) is 5.92 Å². The molecule has 0 bridgehead atoms. The second-order valence-electron chi connectivity index (χ2n) is 4.13. The molecule has 0 aliphatic rings. The van der Waals surface area contributed by atoms with Crippen LogP contribution in [-0.4, -0.2) is 33.3 Å². The van der Waals surface area contributed by atoms with Crippen LogP contribution < -0.4 is 5.32 Å². The molecule has 18 heavy (non-hydrogen) atoms. The van der Waals surface area contributed by atoms with Crippen molar-refractivity contribution in [1.82, 2.24) is 0 Å². The van der Waals surface area contributed by atoms with Crippen LogP contribution in [0.4, 0.5) is 5.69 Å². The first-order valence-corrected chi connectivity index (χ1v) is 6.07. The summed E-state index contributed by atoms with van der Waals surface area (Å²) in [7, 11) is 3.02. The number of nitrogens with one attached hydrogen (secondary N) is 1. The molecule has 0 heterocycles. The highest BCUT2D eigenvalue weighted by atomic mass is 35.5. The summed E-state index contributed by atoms with van der Waals surface area (Å²) < 4.78 is 9.72. The number of benzene rings is 1. The molecule has 0 aromatic heterocycles. The Balaban J connectivity index is 2.72. The van der Waals surface area contributed by atoms with Crippen LogP contribution in [0.1, 0.15) is 17.3 Å². The van der Waals surface area contributed by atoms with Crippen LogP contribution in [0.5, 0.6) is 0 Å². The van der Waals surface area contributed by atoms with Gasteiger partial charge in [0.2, 0.25) is 0 Å². The van der Waals surface area contributed by atoms with Gasteiger partial charge in [-0.25, -0.2) is 4.79 Å². The lowest BCUT2D eigenvalue weighted by Gasteiger charge is -2.14. The summed E-state index contributed by atoms with van der Waals surface area (Å²) in [5.74, 6) is -0.0208. The third kappa shape index (κ3) is 4.20. The standard InChI is InChI=1S/C13H18ClNO3/c1-9(8-17-2)7-15-12-6-10(13(16)18-3)4-5-11(12)14/h4-6,9,15H,7-8H2,1-3H3. The molecule has 0 amide bonds. The van der Waals surface area contributed by atoms with E-state index in [0.29, 0.717) is 23.1 Å². The normalized spacial score (nSPS) is 12.0. The van der Waals surface area contributed by atoms with Crippen molar-refractivity contribution in [2.75, 3.05) is 32.7 Å². The van der Waals surface area contributed by atoms with E-state index >= 15 is 0 Å². The van der Waals surface area contributed by atoms with E-state index in [4.69, 9.17) is 16.3 Å². The fourth-order valence-corrected chi connectivity index (χ4v) is 1.72. The maximum atomic E-state index is 11.4. The van der Waals surface area contributed by atoms with Crippen LogP contribution in [0.3, 0.4) is 0 Å². The summed E-state index contributed by atoms with van der Waals surface area (Å²) in [6, 6.07) is 5.00. The quantitative estimate of drug-likeness (QED) is 0.809. The Labute approximate surface area is 112 Å². The molecule has 1 N–H and O–H groups in total. The van der Waals surface area contributed by atoms with Crippen molar-refractivity contribution in [3.63, 3.8) is 0 Å². The number of ether oxygens (including phenoxy) is 2. The molecule has 100 valence electrons. The van der Waals surface area contributed by atoms with Crippen LogP contribution in [0.25, 0.3) is 0 Å². The second kappa shape index (κ2) is 7.24. The van der Waals surface area contributed by atoms with Crippen molar-refractivity contribution in [3.05, 3.63) is 28.8 Å². The zero-order valence-electron chi connectivity index (χ0n) is 10.8. The number of esters is 1. The van der Waals surface area contributed by atoms with Gasteiger partial charge in [0.05, 0.1) is 30.0 Å². The lowest BCUT2D eigenvalue weighted by atomic mass is 10.1. The van der Waals surface area contributed by atoms with Gasteiger partial charge >= 0.3 is 5.97 Å². The lowest BCUT2D eigenvalue weighted by molar-refractivity contribution is 0.0601. The van der Waals surface area contributed by atoms with Gasteiger partial charge in [-0.15, -0.1) is 0 Å². The third-order valence-corrected chi connectivity index (χ3v) is 2.81. The second-order valence-corrected chi connectivity index (χ2v) is 4.53. The minimum atomic E-state index is -0.375. The van der Waals surface area contributed by atoms with E-state index < -0.39 is 0 Å². The molecule has 0 saturated heterocycles. The van der Waals surface area contributed by atoms with Gasteiger partial charge in [-0.1, -0.05) is 18.5 Å². The molecule has 4 nitrogen and oxygen atoms in total. The van der Waals surface area contributed by atoms with Gasteiger partial charge in [0.25, 0.3) is 0 Å². The Hall–Kier alpha value is -1.26. The number of halogens is 1. The van der Waals surface area contributed by atoms with Gasteiger partial charge in [-0.05, 0) is 24.1 Å². The molecule has 0 aliphatic carbocycles. The Morgan fingerprint density at radius 1 is 1.44 bits per heavy atom. The molecule has 1 atom stereocenters. The van der Waals surface area contributed by atoms with E-state index in [1.165, 1.54) is 7.11 Å². The molecule has 5 heteroatoms. The zero-order chi connectivity index (χ0) is 13.5. The van der Waals surface area contributed by atoms with E-state index in [-0.39, 0.29) is 5.97 Å². The fourth-order valence-electron chi connectivity index (χ4n) is 1.53. The molecule has 0 radical (unpaired) electrons. The number of carbonyl (C=O) groups excluding carboxylic acids is 1. The monoisotopic (exact) mass is 271 g/mol. The molecule has 0 fully saturated rings. The van der Waals surface area contributed by atoms with E-state index in [1.807, 2.05) is 0 Å². The summed E-state index contributed by atoms with van der Waals surface area (Å²) in [6.07, 6.45) is 0. The van der Waals surface area contributed by atoms with Crippen molar-refractivity contribution in [3.8, 4) is 0 Å². The van der Waals surface area contributed by atoms with Crippen molar-refractivity contribution in [2.45, 2.75) is 6.92 Å². The Kier molecular flexibility index (Phi) is 5.95. The number of hydrogen-bond donors (Lipinski definition) is 1. The summed E-state index contributed by atoms with van der Waals surface area (Å²) in [6.45, 7) is 3.45. The van der Waals surface area contributed by atoms with E-state index in [2.05, 4.69) is 17.0 Å². The van der Waals surface area contributed by atoms with Gasteiger partial charge in [-0.3, -0.25) is 0 Å². The minimum absolute atomic E-state index is 0.354. The third-order valence-electron chi connectivity index (χ3n) is 2.48. The number of rotatable bonds is 6. The van der Waals surface area contributed by atoms with Gasteiger partial charge < -0.3 is 14.8 Å². The molecule has 1 rings (SSSR count). The number of hydrogen-bond acceptors (Lipinski definition) is 4. The van der Waals surface area contributed by atoms with E-state index in [1.54, 1.807) is 25.3 Å². The first kappa shape index (κ1) is 14.8. The van der Waals surface area contributed by atoms with Gasteiger partial charge in [-0.2, -0.15) is 0 Å². The largest absolute Gasteiger partial charge is 0.465 e. The van der Waals surface area contributed by atoms with Crippen molar-refractivity contribution < 1.29 is 14.3 Å². The SMILES string of the molecule is COCC(C)CNc1cc(C(=O)OC)ccc1Cl. The predicted molar refractivity (Wildman–Crippen MR) is 72.3 cm³/mol. The number of carbonyl (C=O) groups is 1. The Morgan fingerprint density at radius 2 is 2.17 bits per heavy atom. The molecule has 1 aromatic carbocycles. The molecule has 0 aliphatic heterocycles. The summed E-state index contributed by atoms with van der Waals surface area (Å²) in [5, 5.41) is 3.77. The average molecular weight is 272 g/mol. The smallest absolute Gasteiger partial charge is 0.337 e. The maximum Gasteiger partial charge on any atom is 0.337 e. The molecule has 1 aromatic rings. The van der Waals surface area contributed by atoms with Crippen LogP contribution in [0.15, 0.2) is 18.2 Å². The van der Waals surface area contributed by atoms with Crippen molar-refractivity contribution in [1.29, 1.82) is 0 Å². The minimum Gasteiger partial charge on any atom is -0.465 e. The first-order chi connectivity index (χ1) is 8.58. The van der Waals surface area contributed by atoms with Gasteiger partial charge in [0.1, 0.15) is 0 Å². The fraction of sp³-hybridized carbons (Fsp3) is 0.462. The number of methoxy groups -OCH3 is 2. The highest BCUT2D eigenvalue weighted by Crippen LogP contribution is 2.23. The van der Waals surface area contributed by atoms with E-state index in [9.17, 15) is 4.79 Å². The molecule has 0 spiro atoms. The first-order valence-electron chi connectivity index (χ1n) is 5.69. The molecule has 0 saturated carbocycles. The molecule has 1 unspecified atom stereocenters. The molecular formula is C13H18ClNO3. The summed E-state index contributed by atoms with van der Waals surface area (Å²) >= 11 is 6.06. The zero-order valence-corrected chi connectivity index (χ0v) is 11.6. The van der Waals surface area contributed by atoms with Crippen LogP contribution in [-0.2, 0) is 9.47 Å². The Bertz CT molecular complexity index is 409. The average Bonchev–Trinajstić information content (AvgIpc) is 2.37. The van der Waals surface area contributed by atoms with Gasteiger partial charge in [0, 0.05) is 13.7 Å². The summed E-state index contributed by atoms with van der Waals surface area (Å²) in [4.78, 5) is 11.4. The highest BCUT2D eigenvalue weighted by molar-refractivity contribution is 6.33. The Morgan fingerprint density at radius 3 is 2.78 bits per heavy atom. The topological polar surface area (TPSA) is 47.6 Å². The predicted octanol–water partition coefficient (Wildman–Crippen LogP) is 2.82.